The maximum Gasteiger partial charge on any atom is 0.407 e. The Morgan fingerprint density at radius 1 is 0.794 bits per heavy atom. The summed E-state index contributed by atoms with van der Waals surface area (Å²) in [7, 11) is 0. The van der Waals surface area contributed by atoms with Crippen molar-refractivity contribution in [3.05, 3.63) is 65.2 Å². The summed E-state index contributed by atoms with van der Waals surface area (Å²) in [6.07, 6.45) is -0.176. The van der Waals surface area contributed by atoms with E-state index in [0.29, 0.717) is 17.8 Å². The van der Waals surface area contributed by atoms with Crippen LogP contribution in [0.2, 0.25) is 0 Å². The summed E-state index contributed by atoms with van der Waals surface area (Å²) in [6.45, 7) is 7.74. The highest BCUT2D eigenvalue weighted by atomic mass is 16.6. The molecule has 0 saturated carbocycles. The normalized spacial score (nSPS) is 10.8. The van der Waals surface area contributed by atoms with Gasteiger partial charge in [-0.25, -0.2) is 4.79 Å². The monoisotopic (exact) mass is 467 g/mol. The molecule has 0 saturated heterocycles. The van der Waals surface area contributed by atoms with Crippen molar-refractivity contribution in [1.82, 2.24) is 10.6 Å². The second-order valence-corrected chi connectivity index (χ2v) is 8.99. The summed E-state index contributed by atoms with van der Waals surface area (Å²) >= 11 is 0. The number of ketones is 1. The molecular weight excluding hydrogens is 434 g/mol. The second-order valence-electron chi connectivity index (χ2n) is 8.99. The first-order chi connectivity index (χ1) is 16.0. The van der Waals surface area contributed by atoms with Crippen LogP contribution in [-0.2, 0) is 20.9 Å². The van der Waals surface area contributed by atoms with Crippen LogP contribution in [0.1, 0.15) is 61.5 Å². The smallest absolute Gasteiger partial charge is 0.407 e. The molecule has 0 aliphatic heterocycles. The zero-order valence-corrected chi connectivity index (χ0v) is 20.2. The van der Waals surface area contributed by atoms with Crippen LogP contribution >= 0.6 is 0 Å². The molecule has 0 aliphatic carbocycles. The number of alkyl carbamates (subject to hydrolysis) is 1. The second kappa shape index (κ2) is 12.5. The molecule has 0 unspecified atom stereocenters. The standard InChI is InChI=1S/C26H33N3O5/c1-18-5-9-20(10-6-18)22(30)13-14-23(31)28-17-19-7-11-21(12-8-19)29-24(32)15-16-27-25(33)34-26(2,3)4/h5-12H,13-17H2,1-4H3,(H,27,33)(H,28,31)(H,29,32). The predicted octanol–water partition coefficient (Wildman–Crippen LogP) is 4.13. The van der Waals surface area contributed by atoms with Crippen molar-refractivity contribution in [2.24, 2.45) is 0 Å². The SMILES string of the molecule is Cc1ccc(C(=O)CCC(=O)NCc2ccc(NC(=O)CCNC(=O)OC(C)(C)C)cc2)cc1. The lowest BCUT2D eigenvalue weighted by Crippen LogP contribution is -2.34. The fourth-order valence-electron chi connectivity index (χ4n) is 2.92. The Bertz CT molecular complexity index is 993. The Kier molecular flexibility index (Phi) is 9.79. The Hall–Kier alpha value is -3.68. The Morgan fingerprint density at radius 2 is 1.44 bits per heavy atom. The highest BCUT2D eigenvalue weighted by Gasteiger charge is 2.16. The number of Topliss-reactive ketones (excluding diaryl/α,β-unsaturated/α-hetero) is 1. The predicted molar refractivity (Wildman–Crippen MR) is 131 cm³/mol. The number of hydrogen-bond acceptors (Lipinski definition) is 5. The quantitative estimate of drug-likeness (QED) is 0.455. The molecule has 34 heavy (non-hydrogen) atoms. The van der Waals surface area contributed by atoms with E-state index < -0.39 is 11.7 Å². The fraction of sp³-hybridized carbons (Fsp3) is 0.385. The van der Waals surface area contributed by atoms with Gasteiger partial charge in [0.05, 0.1) is 0 Å². The van der Waals surface area contributed by atoms with Gasteiger partial charge < -0.3 is 20.7 Å². The van der Waals surface area contributed by atoms with E-state index in [1.54, 1.807) is 57.2 Å². The van der Waals surface area contributed by atoms with Crippen molar-refractivity contribution in [3.8, 4) is 0 Å². The van der Waals surface area contributed by atoms with Crippen LogP contribution in [0, 0.1) is 6.92 Å². The van der Waals surface area contributed by atoms with Gasteiger partial charge in [-0.05, 0) is 45.4 Å². The molecule has 0 radical (unpaired) electrons. The molecule has 0 atom stereocenters. The third-order valence-electron chi connectivity index (χ3n) is 4.70. The molecule has 8 heteroatoms. The van der Waals surface area contributed by atoms with E-state index in [4.69, 9.17) is 4.74 Å². The molecule has 3 amide bonds. The first-order valence-electron chi connectivity index (χ1n) is 11.2. The lowest BCUT2D eigenvalue weighted by Gasteiger charge is -2.19. The molecule has 2 aromatic carbocycles. The number of amides is 3. The Morgan fingerprint density at radius 3 is 2.06 bits per heavy atom. The lowest BCUT2D eigenvalue weighted by atomic mass is 10.0. The molecule has 182 valence electrons. The Labute approximate surface area is 200 Å². The van der Waals surface area contributed by atoms with Gasteiger partial charge in [-0.3, -0.25) is 14.4 Å². The number of aryl methyl sites for hydroxylation is 1. The zero-order valence-electron chi connectivity index (χ0n) is 20.2. The van der Waals surface area contributed by atoms with Crippen molar-refractivity contribution < 1.29 is 23.9 Å². The summed E-state index contributed by atoms with van der Waals surface area (Å²) in [5.41, 5.74) is 2.57. The summed E-state index contributed by atoms with van der Waals surface area (Å²) in [4.78, 5) is 47.9. The van der Waals surface area contributed by atoms with Crippen LogP contribution in [0.15, 0.2) is 48.5 Å². The minimum Gasteiger partial charge on any atom is -0.444 e. The minimum absolute atomic E-state index is 0.0588. The van der Waals surface area contributed by atoms with E-state index in [0.717, 1.165) is 11.1 Å². The van der Waals surface area contributed by atoms with Gasteiger partial charge in [-0.15, -0.1) is 0 Å². The van der Waals surface area contributed by atoms with Crippen molar-refractivity contribution in [1.29, 1.82) is 0 Å². The number of anilines is 1. The first-order valence-corrected chi connectivity index (χ1v) is 11.2. The van der Waals surface area contributed by atoms with Crippen LogP contribution in [-0.4, -0.2) is 35.8 Å². The van der Waals surface area contributed by atoms with E-state index >= 15 is 0 Å². The number of carbonyl (C=O) groups excluding carboxylic acids is 4. The number of hydrogen-bond donors (Lipinski definition) is 3. The van der Waals surface area contributed by atoms with E-state index in [1.165, 1.54) is 0 Å². The highest BCUT2D eigenvalue weighted by Crippen LogP contribution is 2.11. The largest absolute Gasteiger partial charge is 0.444 e. The number of nitrogens with one attached hydrogen (secondary N) is 3. The zero-order chi connectivity index (χ0) is 25.1. The minimum atomic E-state index is -0.591. The molecule has 0 aromatic heterocycles. The number of carbonyl (C=O) groups is 4. The first kappa shape index (κ1) is 26.6. The Balaban J connectivity index is 1.67. The van der Waals surface area contributed by atoms with E-state index in [9.17, 15) is 19.2 Å². The molecule has 0 spiro atoms. The van der Waals surface area contributed by atoms with Crippen LogP contribution in [0.25, 0.3) is 0 Å². The lowest BCUT2D eigenvalue weighted by molar-refractivity contribution is -0.121. The number of ether oxygens (including phenoxy) is 1. The summed E-state index contributed by atoms with van der Waals surface area (Å²) in [5.74, 6) is -0.498. The number of rotatable bonds is 10. The van der Waals surface area contributed by atoms with Gasteiger partial charge in [-0.1, -0.05) is 42.0 Å². The molecule has 2 aromatic rings. The maximum atomic E-state index is 12.2. The molecule has 8 nitrogen and oxygen atoms in total. The van der Waals surface area contributed by atoms with Crippen molar-refractivity contribution in [3.63, 3.8) is 0 Å². The molecule has 0 aliphatic rings. The van der Waals surface area contributed by atoms with Crippen LogP contribution in [0.4, 0.5) is 10.5 Å². The van der Waals surface area contributed by atoms with Gasteiger partial charge in [0.1, 0.15) is 5.60 Å². The van der Waals surface area contributed by atoms with Crippen LogP contribution in [0.5, 0.6) is 0 Å². The average molecular weight is 468 g/mol. The van der Waals surface area contributed by atoms with E-state index in [1.807, 2.05) is 19.1 Å². The van der Waals surface area contributed by atoms with Crippen LogP contribution in [0.3, 0.4) is 0 Å². The highest BCUT2D eigenvalue weighted by molar-refractivity contribution is 5.98. The summed E-state index contributed by atoms with van der Waals surface area (Å²) < 4.78 is 5.11. The van der Waals surface area contributed by atoms with Crippen molar-refractivity contribution in [2.75, 3.05) is 11.9 Å². The topological polar surface area (TPSA) is 114 Å². The molecule has 0 heterocycles. The van der Waals surface area contributed by atoms with Gasteiger partial charge in [-0.2, -0.15) is 0 Å². The van der Waals surface area contributed by atoms with E-state index in [2.05, 4.69) is 16.0 Å². The number of benzene rings is 2. The van der Waals surface area contributed by atoms with Gasteiger partial charge in [0, 0.05) is 43.6 Å². The van der Waals surface area contributed by atoms with Gasteiger partial charge in [0.2, 0.25) is 11.8 Å². The average Bonchev–Trinajstić information content (AvgIpc) is 2.76. The van der Waals surface area contributed by atoms with E-state index in [-0.39, 0.29) is 43.4 Å². The maximum absolute atomic E-state index is 12.2. The molecule has 3 N–H and O–H groups in total. The fourth-order valence-corrected chi connectivity index (χ4v) is 2.92. The van der Waals surface area contributed by atoms with Crippen molar-refractivity contribution >= 4 is 29.4 Å². The van der Waals surface area contributed by atoms with Gasteiger partial charge >= 0.3 is 6.09 Å². The molecular formula is C26H33N3O5. The van der Waals surface area contributed by atoms with Gasteiger partial charge in [0.25, 0.3) is 0 Å². The third-order valence-corrected chi connectivity index (χ3v) is 4.70. The molecule has 0 bridgehead atoms. The molecule has 2 rings (SSSR count). The third kappa shape index (κ3) is 10.3. The van der Waals surface area contributed by atoms with Crippen LogP contribution < -0.4 is 16.0 Å². The van der Waals surface area contributed by atoms with Crippen molar-refractivity contribution in [2.45, 2.75) is 59.1 Å². The van der Waals surface area contributed by atoms with Gasteiger partial charge in [0.15, 0.2) is 5.78 Å². The molecule has 0 fully saturated rings. The summed E-state index contributed by atoms with van der Waals surface area (Å²) in [6, 6.07) is 14.4. The summed E-state index contributed by atoms with van der Waals surface area (Å²) in [5, 5.41) is 8.09.